The normalized spacial score (nSPS) is 12.1. The number of carboxylic acid groups (broad SMARTS) is 1. The van der Waals surface area contributed by atoms with Crippen LogP contribution >= 0.6 is 0 Å². The number of nitrogens with one attached hydrogen (secondary N) is 1. The Kier molecular flexibility index (Phi) is 6.01. The zero-order valence-corrected chi connectivity index (χ0v) is 11.0. The van der Waals surface area contributed by atoms with Gasteiger partial charge in [-0.15, -0.1) is 0 Å². The molecule has 7 heteroatoms. The number of aryl methyl sites for hydroxylation is 1. The van der Waals surface area contributed by atoms with E-state index < -0.39 is 17.9 Å². The van der Waals surface area contributed by atoms with Gasteiger partial charge in [-0.05, 0) is 13.3 Å². The van der Waals surface area contributed by atoms with E-state index in [4.69, 9.17) is 14.4 Å². The summed E-state index contributed by atoms with van der Waals surface area (Å²) >= 11 is 0. The maximum Gasteiger partial charge on any atom is 0.326 e. The Labute approximate surface area is 110 Å². The molecule has 0 spiro atoms. The van der Waals surface area contributed by atoms with Gasteiger partial charge in [-0.2, -0.15) is 0 Å². The topological polar surface area (TPSA) is 102 Å². The Morgan fingerprint density at radius 3 is 2.84 bits per heavy atom. The lowest BCUT2D eigenvalue weighted by molar-refractivity contribution is -0.142. The first kappa shape index (κ1) is 15.2. The number of hydrogen-bond acceptors (Lipinski definition) is 5. The lowest BCUT2D eigenvalue weighted by Gasteiger charge is -2.13. The lowest BCUT2D eigenvalue weighted by Crippen LogP contribution is -2.42. The molecule has 1 aromatic heterocycles. The van der Waals surface area contributed by atoms with E-state index in [1.54, 1.807) is 13.0 Å². The number of nitrogens with zero attached hydrogens (tertiary/aromatic N) is 1. The molecule has 1 aromatic rings. The monoisotopic (exact) mass is 270 g/mol. The average molecular weight is 270 g/mol. The molecule has 0 fully saturated rings. The van der Waals surface area contributed by atoms with E-state index in [1.807, 2.05) is 6.92 Å². The average Bonchev–Trinajstić information content (AvgIpc) is 2.74. The van der Waals surface area contributed by atoms with Crippen molar-refractivity contribution in [1.29, 1.82) is 0 Å². The van der Waals surface area contributed by atoms with Gasteiger partial charge in [-0.1, -0.05) is 18.5 Å². The van der Waals surface area contributed by atoms with Crippen LogP contribution in [0.25, 0.3) is 0 Å². The third kappa shape index (κ3) is 5.52. The number of hydrogen-bond donors (Lipinski definition) is 2. The van der Waals surface area contributed by atoms with Gasteiger partial charge in [0.25, 0.3) is 0 Å². The van der Waals surface area contributed by atoms with E-state index >= 15 is 0 Å². The number of rotatable bonds is 8. The fraction of sp³-hybridized carbons (Fsp3) is 0.583. The molecule has 7 nitrogen and oxygen atoms in total. The summed E-state index contributed by atoms with van der Waals surface area (Å²) in [6.45, 7) is 3.54. The fourth-order valence-corrected chi connectivity index (χ4v) is 1.51. The number of ether oxygens (including phenoxy) is 1. The molecule has 0 bridgehead atoms. The molecule has 0 aliphatic heterocycles. The number of aliphatic carboxylic acids is 1. The molecule has 0 aliphatic carbocycles. The summed E-state index contributed by atoms with van der Waals surface area (Å²) in [4.78, 5) is 22.3. The van der Waals surface area contributed by atoms with Crippen LogP contribution in [0.2, 0.25) is 0 Å². The van der Waals surface area contributed by atoms with Crippen molar-refractivity contribution in [3.8, 4) is 0 Å². The highest BCUT2D eigenvalue weighted by Crippen LogP contribution is 2.03. The molecule has 0 saturated heterocycles. The molecule has 19 heavy (non-hydrogen) atoms. The fourth-order valence-electron chi connectivity index (χ4n) is 1.51. The highest BCUT2D eigenvalue weighted by atomic mass is 16.5. The van der Waals surface area contributed by atoms with Crippen LogP contribution in [0.15, 0.2) is 10.6 Å². The van der Waals surface area contributed by atoms with E-state index in [1.165, 1.54) is 0 Å². The summed E-state index contributed by atoms with van der Waals surface area (Å²) in [5.74, 6) is -0.980. The first-order valence-electron chi connectivity index (χ1n) is 6.05. The summed E-state index contributed by atoms with van der Waals surface area (Å²) in [7, 11) is 0. The Morgan fingerprint density at radius 1 is 1.58 bits per heavy atom. The van der Waals surface area contributed by atoms with Crippen molar-refractivity contribution < 1.29 is 24.0 Å². The molecule has 1 atom stereocenters. The van der Waals surface area contributed by atoms with Gasteiger partial charge >= 0.3 is 5.97 Å². The Balaban J connectivity index is 2.28. The predicted molar refractivity (Wildman–Crippen MR) is 65.4 cm³/mol. The highest BCUT2D eigenvalue weighted by Gasteiger charge is 2.18. The molecule has 0 aliphatic rings. The quantitative estimate of drug-likeness (QED) is 0.726. The van der Waals surface area contributed by atoms with Crippen LogP contribution in [0.3, 0.4) is 0 Å². The molecule has 1 unspecified atom stereocenters. The van der Waals surface area contributed by atoms with Crippen molar-refractivity contribution in [3.05, 3.63) is 17.5 Å². The first-order valence-corrected chi connectivity index (χ1v) is 6.05. The minimum absolute atomic E-state index is 0.125. The molecular weight excluding hydrogens is 252 g/mol. The molecule has 1 rings (SSSR count). The Hall–Kier alpha value is -1.89. The number of aromatic nitrogens is 1. The third-order valence-corrected chi connectivity index (χ3v) is 2.36. The van der Waals surface area contributed by atoms with Gasteiger partial charge in [0.15, 0.2) is 5.76 Å². The number of amides is 1. The predicted octanol–water partition coefficient (Wildman–Crippen LogP) is 0.869. The summed E-state index contributed by atoms with van der Waals surface area (Å²) in [5, 5.41) is 15.0. The van der Waals surface area contributed by atoms with Gasteiger partial charge in [0, 0.05) is 6.07 Å². The zero-order chi connectivity index (χ0) is 14.3. The summed E-state index contributed by atoms with van der Waals surface area (Å²) in [6, 6.07) is 0.836. The van der Waals surface area contributed by atoms with E-state index in [2.05, 4.69) is 10.5 Å². The lowest BCUT2D eigenvalue weighted by atomic mass is 10.2. The summed E-state index contributed by atoms with van der Waals surface area (Å²) in [5.41, 5.74) is 0.733. The molecule has 1 heterocycles. The van der Waals surface area contributed by atoms with Crippen LogP contribution in [0.1, 0.15) is 31.2 Å². The van der Waals surface area contributed by atoms with Gasteiger partial charge < -0.3 is 19.7 Å². The standard InChI is InChI=1S/C12H18N2O5/c1-3-4-10(12(16)17)13-11(15)7-18-6-9-5-8(2)14-19-9/h5,10H,3-4,6-7H2,1-2H3,(H,13,15)(H,16,17). The highest BCUT2D eigenvalue weighted by molar-refractivity contribution is 5.84. The largest absolute Gasteiger partial charge is 0.480 e. The molecule has 0 aromatic carbocycles. The molecule has 2 N–H and O–H groups in total. The summed E-state index contributed by atoms with van der Waals surface area (Å²) in [6.07, 6.45) is 1.07. The van der Waals surface area contributed by atoms with Crippen molar-refractivity contribution >= 4 is 11.9 Å². The van der Waals surface area contributed by atoms with Crippen LogP contribution in [0.5, 0.6) is 0 Å². The van der Waals surface area contributed by atoms with Crippen LogP contribution < -0.4 is 5.32 Å². The van der Waals surface area contributed by atoms with Gasteiger partial charge in [0.05, 0.1) is 5.69 Å². The number of carbonyl (C=O) groups is 2. The van der Waals surface area contributed by atoms with Gasteiger partial charge in [-0.3, -0.25) is 4.79 Å². The third-order valence-electron chi connectivity index (χ3n) is 2.36. The van der Waals surface area contributed by atoms with Crippen molar-refractivity contribution in [3.63, 3.8) is 0 Å². The van der Waals surface area contributed by atoms with Crippen molar-refractivity contribution in [2.24, 2.45) is 0 Å². The SMILES string of the molecule is CCCC(NC(=O)COCc1cc(C)no1)C(=O)O. The van der Waals surface area contributed by atoms with Crippen LogP contribution in [0, 0.1) is 6.92 Å². The zero-order valence-electron chi connectivity index (χ0n) is 11.0. The van der Waals surface area contributed by atoms with Crippen molar-refractivity contribution in [2.75, 3.05) is 6.61 Å². The van der Waals surface area contributed by atoms with Crippen molar-refractivity contribution in [1.82, 2.24) is 10.5 Å². The van der Waals surface area contributed by atoms with E-state index in [-0.39, 0.29) is 13.2 Å². The minimum atomic E-state index is -1.04. The molecule has 1 amide bonds. The molecule has 106 valence electrons. The van der Waals surface area contributed by atoms with Crippen LogP contribution in [-0.2, 0) is 20.9 Å². The maximum absolute atomic E-state index is 11.5. The second-order valence-electron chi connectivity index (χ2n) is 4.17. The van der Waals surface area contributed by atoms with E-state index in [0.29, 0.717) is 18.6 Å². The van der Waals surface area contributed by atoms with Crippen LogP contribution in [-0.4, -0.2) is 34.8 Å². The minimum Gasteiger partial charge on any atom is -0.480 e. The number of carbonyl (C=O) groups excluding carboxylic acids is 1. The first-order chi connectivity index (χ1) is 9.02. The van der Waals surface area contributed by atoms with E-state index in [0.717, 1.165) is 5.69 Å². The van der Waals surface area contributed by atoms with Crippen molar-refractivity contribution in [2.45, 2.75) is 39.3 Å². The Morgan fingerprint density at radius 2 is 2.32 bits per heavy atom. The van der Waals surface area contributed by atoms with Gasteiger partial charge in [-0.25, -0.2) is 4.79 Å². The van der Waals surface area contributed by atoms with E-state index in [9.17, 15) is 9.59 Å². The molecule has 0 saturated carbocycles. The smallest absolute Gasteiger partial charge is 0.326 e. The van der Waals surface area contributed by atoms with Gasteiger partial charge in [0.1, 0.15) is 19.3 Å². The second kappa shape index (κ2) is 7.52. The van der Waals surface area contributed by atoms with Gasteiger partial charge in [0.2, 0.25) is 5.91 Å². The van der Waals surface area contributed by atoms with Crippen LogP contribution in [0.4, 0.5) is 0 Å². The second-order valence-corrected chi connectivity index (χ2v) is 4.17. The Bertz CT molecular complexity index is 430. The summed E-state index contributed by atoms with van der Waals surface area (Å²) < 4.78 is 10.0. The maximum atomic E-state index is 11.5. The molecular formula is C12H18N2O5. The number of carboxylic acids is 1. The molecule has 0 radical (unpaired) electrons.